The molecule has 1 aliphatic rings. The lowest BCUT2D eigenvalue weighted by Crippen LogP contribution is -2.34. The van der Waals surface area contributed by atoms with E-state index < -0.39 is 6.04 Å². The molecule has 1 amide bonds. The van der Waals surface area contributed by atoms with Crippen molar-refractivity contribution in [3.8, 4) is 0 Å². The van der Waals surface area contributed by atoms with Gasteiger partial charge in [0.1, 0.15) is 6.04 Å². The van der Waals surface area contributed by atoms with Gasteiger partial charge < -0.3 is 16.2 Å². The van der Waals surface area contributed by atoms with Crippen molar-refractivity contribution in [3.63, 3.8) is 0 Å². The highest BCUT2D eigenvalue weighted by Crippen LogP contribution is 2.20. The fourth-order valence-electron chi connectivity index (χ4n) is 3.48. The van der Waals surface area contributed by atoms with Crippen LogP contribution in [-0.2, 0) is 11.3 Å². The fraction of sp³-hybridized carbons (Fsp3) is 0.409. The normalized spacial score (nSPS) is 15.7. The van der Waals surface area contributed by atoms with Gasteiger partial charge in [0.2, 0.25) is 5.91 Å². The molecule has 1 unspecified atom stereocenters. The summed E-state index contributed by atoms with van der Waals surface area (Å²) in [5.41, 5.74) is 9.99. The molecular formula is C22H31Cl2N3O2. The number of carbonyl (C=O) groups excluding carboxylic acids is 1. The van der Waals surface area contributed by atoms with Gasteiger partial charge in [-0.1, -0.05) is 42.0 Å². The van der Waals surface area contributed by atoms with Crippen LogP contribution in [-0.4, -0.2) is 35.6 Å². The highest BCUT2D eigenvalue weighted by atomic mass is 35.5. The Hall–Kier alpha value is -1.63. The van der Waals surface area contributed by atoms with E-state index in [4.69, 9.17) is 5.73 Å². The van der Waals surface area contributed by atoms with Gasteiger partial charge in [-0.25, -0.2) is 0 Å². The van der Waals surface area contributed by atoms with Crippen molar-refractivity contribution in [1.82, 2.24) is 4.90 Å². The summed E-state index contributed by atoms with van der Waals surface area (Å²) in [6, 6.07) is 15.0. The summed E-state index contributed by atoms with van der Waals surface area (Å²) in [6.07, 6.45) is 2.08. The summed E-state index contributed by atoms with van der Waals surface area (Å²) in [6.45, 7) is 5.15. The maximum atomic E-state index is 12.5. The number of aliphatic hydroxyl groups is 1. The highest BCUT2D eigenvalue weighted by Gasteiger charge is 2.19. The third-order valence-electron chi connectivity index (χ3n) is 5.28. The molecule has 1 saturated heterocycles. The Morgan fingerprint density at radius 2 is 1.83 bits per heavy atom. The van der Waals surface area contributed by atoms with Gasteiger partial charge in [0.05, 0.1) is 0 Å². The van der Waals surface area contributed by atoms with Crippen LogP contribution in [0.25, 0.3) is 0 Å². The summed E-state index contributed by atoms with van der Waals surface area (Å²) in [5, 5.41) is 12.2. The molecule has 2 aromatic carbocycles. The minimum Gasteiger partial charge on any atom is -0.396 e. The molecule has 1 aliphatic heterocycles. The van der Waals surface area contributed by atoms with Crippen LogP contribution < -0.4 is 11.1 Å². The number of nitrogens with two attached hydrogens (primary N) is 1. The van der Waals surface area contributed by atoms with Crippen molar-refractivity contribution in [2.75, 3.05) is 25.0 Å². The Morgan fingerprint density at radius 3 is 2.45 bits per heavy atom. The van der Waals surface area contributed by atoms with Gasteiger partial charge in [0, 0.05) is 18.8 Å². The first kappa shape index (κ1) is 25.4. The van der Waals surface area contributed by atoms with E-state index in [1.807, 2.05) is 49.4 Å². The molecule has 3 rings (SSSR count). The molecule has 2 aromatic rings. The van der Waals surface area contributed by atoms with Crippen LogP contribution in [0.1, 0.15) is 35.6 Å². The summed E-state index contributed by atoms with van der Waals surface area (Å²) >= 11 is 0. The standard InChI is InChI=1S/C22H29N3O2.2ClH/c1-16-5-7-19(8-6-16)21(23)22(27)24-20-4-2-3-18(13-20)14-25-11-9-17(15-26)10-12-25;;/h2-8,13,17,21,26H,9-12,14-15,23H2,1H3,(H,24,27);2*1H. The first-order chi connectivity index (χ1) is 13.0. The number of aryl methyl sites for hydroxylation is 1. The molecule has 1 atom stereocenters. The molecule has 5 nitrogen and oxygen atoms in total. The second-order valence-corrected chi connectivity index (χ2v) is 7.48. The molecule has 29 heavy (non-hydrogen) atoms. The lowest BCUT2D eigenvalue weighted by Gasteiger charge is -2.31. The molecule has 0 bridgehead atoms. The van der Waals surface area contributed by atoms with Gasteiger partial charge in [-0.2, -0.15) is 0 Å². The summed E-state index contributed by atoms with van der Waals surface area (Å²) in [4.78, 5) is 14.9. The van der Waals surface area contributed by atoms with Gasteiger partial charge in [0.25, 0.3) is 0 Å². The maximum Gasteiger partial charge on any atom is 0.245 e. The van der Waals surface area contributed by atoms with Crippen molar-refractivity contribution in [1.29, 1.82) is 0 Å². The number of aliphatic hydroxyl groups excluding tert-OH is 1. The average Bonchev–Trinajstić information content (AvgIpc) is 2.69. The second kappa shape index (κ2) is 12.2. The maximum absolute atomic E-state index is 12.5. The summed E-state index contributed by atoms with van der Waals surface area (Å²) < 4.78 is 0. The minimum atomic E-state index is -0.688. The number of anilines is 1. The molecule has 0 saturated carbocycles. The topological polar surface area (TPSA) is 78.6 Å². The molecule has 7 heteroatoms. The zero-order chi connectivity index (χ0) is 19.2. The lowest BCUT2D eigenvalue weighted by molar-refractivity contribution is -0.117. The van der Waals surface area contributed by atoms with E-state index in [1.165, 1.54) is 5.56 Å². The van der Waals surface area contributed by atoms with Crippen molar-refractivity contribution < 1.29 is 9.90 Å². The van der Waals surface area contributed by atoms with Crippen LogP contribution in [0.2, 0.25) is 0 Å². The first-order valence-electron chi connectivity index (χ1n) is 9.60. The molecule has 4 N–H and O–H groups in total. The third-order valence-corrected chi connectivity index (χ3v) is 5.28. The Bertz CT molecular complexity index is 763. The zero-order valence-corrected chi connectivity index (χ0v) is 18.3. The number of carbonyl (C=O) groups is 1. The number of piperidine rings is 1. The van der Waals surface area contributed by atoms with Crippen molar-refractivity contribution in [2.45, 2.75) is 32.4 Å². The van der Waals surface area contributed by atoms with Crippen LogP contribution in [0.15, 0.2) is 48.5 Å². The number of hydrogen-bond donors (Lipinski definition) is 3. The SMILES string of the molecule is Cc1ccc(C(N)C(=O)Nc2cccc(CN3CCC(CO)CC3)c2)cc1.Cl.Cl. The number of rotatable bonds is 6. The van der Waals surface area contributed by atoms with Gasteiger partial charge in [0.15, 0.2) is 0 Å². The van der Waals surface area contributed by atoms with E-state index in [1.54, 1.807) is 0 Å². The van der Waals surface area contributed by atoms with Crippen molar-refractivity contribution in [2.24, 2.45) is 11.7 Å². The first-order valence-corrected chi connectivity index (χ1v) is 9.60. The predicted molar refractivity (Wildman–Crippen MR) is 123 cm³/mol. The Kier molecular flexibility index (Phi) is 10.6. The van der Waals surface area contributed by atoms with Crippen LogP contribution in [0.3, 0.4) is 0 Å². The number of halogens is 2. The van der Waals surface area contributed by atoms with Gasteiger partial charge in [-0.15, -0.1) is 24.8 Å². The molecule has 160 valence electrons. The molecule has 1 heterocycles. The van der Waals surface area contributed by atoms with E-state index in [0.717, 1.165) is 49.3 Å². The number of hydrogen-bond acceptors (Lipinski definition) is 4. The predicted octanol–water partition coefficient (Wildman–Crippen LogP) is 3.68. The number of amides is 1. The lowest BCUT2D eigenvalue weighted by atomic mass is 9.97. The van der Waals surface area contributed by atoms with Gasteiger partial charge in [-0.3, -0.25) is 9.69 Å². The molecule has 0 aliphatic carbocycles. The minimum absolute atomic E-state index is 0. The van der Waals surface area contributed by atoms with E-state index >= 15 is 0 Å². The summed E-state index contributed by atoms with van der Waals surface area (Å²) in [5.74, 6) is 0.231. The molecule has 0 aromatic heterocycles. The smallest absolute Gasteiger partial charge is 0.245 e. The molecular weight excluding hydrogens is 409 g/mol. The largest absolute Gasteiger partial charge is 0.396 e. The van der Waals surface area contributed by atoms with Gasteiger partial charge in [-0.05, 0) is 62.0 Å². The number of benzene rings is 2. The monoisotopic (exact) mass is 439 g/mol. The van der Waals surface area contributed by atoms with E-state index in [-0.39, 0.29) is 37.3 Å². The Labute approximate surface area is 185 Å². The summed E-state index contributed by atoms with van der Waals surface area (Å²) in [7, 11) is 0. The van der Waals surface area contributed by atoms with Crippen molar-refractivity contribution in [3.05, 3.63) is 65.2 Å². The Balaban J connectivity index is 0.00000210. The third kappa shape index (κ3) is 7.28. The molecule has 0 spiro atoms. The van der Waals surface area contributed by atoms with Gasteiger partial charge >= 0.3 is 0 Å². The van der Waals surface area contributed by atoms with Crippen LogP contribution in [0, 0.1) is 12.8 Å². The average molecular weight is 440 g/mol. The van der Waals surface area contributed by atoms with E-state index in [2.05, 4.69) is 16.3 Å². The quantitative estimate of drug-likeness (QED) is 0.641. The number of nitrogens with zero attached hydrogens (tertiary/aromatic N) is 1. The van der Waals surface area contributed by atoms with Crippen LogP contribution in [0.4, 0.5) is 5.69 Å². The van der Waals surface area contributed by atoms with Crippen LogP contribution in [0.5, 0.6) is 0 Å². The molecule has 0 radical (unpaired) electrons. The zero-order valence-electron chi connectivity index (χ0n) is 16.7. The number of nitrogens with one attached hydrogen (secondary N) is 1. The highest BCUT2D eigenvalue weighted by molar-refractivity contribution is 5.95. The van der Waals surface area contributed by atoms with Crippen LogP contribution >= 0.6 is 24.8 Å². The van der Waals surface area contributed by atoms with Crippen molar-refractivity contribution >= 4 is 36.4 Å². The fourth-order valence-corrected chi connectivity index (χ4v) is 3.48. The molecule has 1 fully saturated rings. The second-order valence-electron chi connectivity index (χ2n) is 7.48. The van der Waals surface area contributed by atoms with E-state index in [0.29, 0.717) is 5.92 Å². The number of likely N-dealkylation sites (tertiary alicyclic amines) is 1. The Morgan fingerprint density at radius 1 is 1.17 bits per heavy atom. The van der Waals surface area contributed by atoms with E-state index in [9.17, 15) is 9.90 Å².